The van der Waals surface area contributed by atoms with Gasteiger partial charge in [0, 0.05) is 18.7 Å². The van der Waals surface area contributed by atoms with Gasteiger partial charge in [-0.2, -0.15) is 0 Å². The van der Waals surface area contributed by atoms with Crippen molar-refractivity contribution in [2.75, 3.05) is 19.8 Å². The molecule has 2 rings (SSSR count). The molecule has 0 unspecified atom stereocenters. The number of hydrogen-bond acceptors (Lipinski definition) is 4. The maximum Gasteiger partial charge on any atom is 0.307 e. The molecule has 1 amide bonds. The molecule has 5 heteroatoms. The standard InChI is InChI=1S/C22H27NO4/c1-3-15-27-20-12-8-11-19(16-20)22(25)23(14-13-21(24)26-4-2)17-18-9-6-5-7-10-18/h5-12,16H,3-4,13-15,17H2,1-2H3. The molecular weight excluding hydrogens is 342 g/mol. The molecule has 2 aromatic rings. The number of esters is 1. The summed E-state index contributed by atoms with van der Waals surface area (Å²) in [5.74, 6) is 0.237. The van der Waals surface area contributed by atoms with Crippen LogP contribution in [0.3, 0.4) is 0 Å². The predicted octanol–water partition coefficient (Wildman–Crippen LogP) is 4.07. The predicted molar refractivity (Wildman–Crippen MR) is 105 cm³/mol. The van der Waals surface area contributed by atoms with Gasteiger partial charge < -0.3 is 14.4 Å². The number of benzene rings is 2. The van der Waals surface area contributed by atoms with Gasteiger partial charge in [0.25, 0.3) is 5.91 Å². The highest BCUT2D eigenvalue weighted by Crippen LogP contribution is 2.17. The van der Waals surface area contributed by atoms with E-state index in [-0.39, 0.29) is 18.3 Å². The van der Waals surface area contributed by atoms with Crippen molar-refractivity contribution in [2.24, 2.45) is 0 Å². The largest absolute Gasteiger partial charge is 0.494 e. The van der Waals surface area contributed by atoms with Crippen LogP contribution in [0.5, 0.6) is 5.75 Å². The highest BCUT2D eigenvalue weighted by atomic mass is 16.5. The Morgan fingerprint density at radius 1 is 1.00 bits per heavy atom. The summed E-state index contributed by atoms with van der Waals surface area (Å²) in [4.78, 5) is 26.5. The van der Waals surface area contributed by atoms with Gasteiger partial charge in [-0.1, -0.05) is 43.3 Å². The van der Waals surface area contributed by atoms with Crippen molar-refractivity contribution in [1.82, 2.24) is 4.90 Å². The second kappa shape index (κ2) is 11.0. The number of carbonyl (C=O) groups excluding carboxylic acids is 2. The van der Waals surface area contributed by atoms with Crippen molar-refractivity contribution in [1.29, 1.82) is 0 Å². The van der Waals surface area contributed by atoms with E-state index in [4.69, 9.17) is 9.47 Å². The van der Waals surface area contributed by atoms with Crippen molar-refractivity contribution < 1.29 is 19.1 Å². The summed E-state index contributed by atoms with van der Waals surface area (Å²) < 4.78 is 10.6. The van der Waals surface area contributed by atoms with Crippen LogP contribution in [0.1, 0.15) is 42.6 Å². The summed E-state index contributed by atoms with van der Waals surface area (Å²) in [5, 5.41) is 0. The number of carbonyl (C=O) groups is 2. The van der Waals surface area contributed by atoms with Crippen LogP contribution in [0.4, 0.5) is 0 Å². The molecule has 0 aliphatic rings. The Labute approximate surface area is 160 Å². The zero-order chi connectivity index (χ0) is 19.5. The van der Waals surface area contributed by atoms with Crippen LogP contribution in [0.2, 0.25) is 0 Å². The van der Waals surface area contributed by atoms with Crippen LogP contribution in [0.15, 0.2) is 54.6 Å². The third kappa shape index (κ3) is 6.77. The van der Waals surface area contributed by atoms with E-state index in [1.165, 1.54) is 0 Å². The number of ether oxygens (including phenoxy) is 2. The molecular formula is C22H27NO4. The summed E-state index contributed by atoms with van der Waals surface area (Å²) in [5.41, 5.74) is 1.55. The quantitative estimate of drug-likeness (QED) is 0.593. The molecule has 0 spiro atoms. The summed E-state index contributed by atoms with van der Waals surface area (Å²) in [6, 6.07) is 16.9. The Hall–Kier alpha value is -2.82. The Bertz CT molecular complexity index is 730. The van der Waals surface area contributed by atoms with Crippen LogP contribution >= 0.6 is 0 Å². The van der Waals surface area contributed by atoms with E-state index < -0.39 is 0 Å². The zero-order valence-electron chi connectivity index (χ0n) is 16.0. The van der Waals surface area contributed by atoms with E-state index in [9.17, 15) is 9.59 Å². The lowest BCUT2D eigenvalue weighted by atomic mass is 10.1. The summed E-state index contributed by atoms with van der Waals surface area (Å²) in [7, 11) is 0. The average molecular weight is 369 g/mol. The molecule has 0 heterocycles. The molecule has 0 aromatic heterocycles. The molecule has 0 aliphatic carbocycles. The second-order valence-corrected chi connectivity index (χ2v) is 6.14. The third-order valence-electron chi connectivity index (χ3n) is 3.95. The van der Waals surface area contributed by atoms with Crippen molar-refractivity contribution in [3.05, 3.63) is 65.7 Å². The van der Waals surface area contributed by atoms with Gasteiger partial charge >= 0.3 is 5.97 Å². The lowest BCUT2D eigenvalue weighted by molar-refractivity contribution is -0.143. The Morgan fingerprint density at radius 3 is 2.48 bits per heavy atom. The fourth-order valence-corrected chi connectivity index (χ4v) is 2.64. The molecule has 0 aliphatic heterocycles. The third-order valence-corrected chi connectivity index (χ3v) is 3.95. The number of hydrogen-bond donors (Lipinski definition) is 0. The van der Waals surface area contributed by atoms with E-state index in [1.54, 1.807) is 24.0 Å². The van der Waals surface area contributed by atoms with Crippen molar-refractivity contribution in [3.63, 3.8) is 0 Å². The minimum Gasteiger partial charge on any atom is -0.494 e. The van der Waals surface area contributed by atoms with E-state index in [1.807, 2.05) is 49.4 Å². The van der Waals surface area contributed by atoms with Gasteiger partial charge in [0.15, 0.2) is 0 Å². The van der Waals surface area contributed by atoms with E-state index >= 15 is 0 Å². The first kappa shape index (κ1) is 20.5. The Balaban J connectivity index is 2.15. The van der Waals surface area contributed by atoms with Crippen molar-refractivity contribution in [3.8, 4) is 5.75 Å². The first-order valence-electron chi connectivity index (χ1n) is 9.35. The van der Waals surface area contributed by atoms with Gasteiger partial charge in [0.1, 0.15) is 5.75 Å². The van der Waals surface area contributed by atoms with Crippen molar-refractivity contribution in [2.45, 2.75) is 33.2 Å². The average Bonchev–Trinajstić information content (AvgIpc) is 2.70. The number of nitrogens with zero attached hydrogens (tertiary/aromatic N) is 1. The zero-order valence-corrected chi connectivity index (χ0v) is 16.0. The molecule has 2 aromatic carbocycles. The van der Waals surface area contributed by atoms with Crippen LogP contribution in [-0.4, -0.2) is 36.5 Å². The fraction of sp³-hybridized carbons (Fsp3) is 0.364. The van der Waals surface area contributed by atoms with Gasteiger partial charge in [0.05, 0.1) is 19.6 Å². The van der Waals surface area contributed by atoms with Crippen molar-refractivity contribution >= 4 is 11.9 Å². The number of rotatable bonds is 10. The lowest BCUT2D eigenvalue weighted by Crippen LogP contribution is -2.33. The number of amides is 1. The maximum atomic E-state index is 13.1. The van der Waals surface area contributed by atoms with Crippen LogP contribution in [-0.2, 0) is 16.1 Å². The molecule has 5 nitrogen and oxygen atoms in total. The maximum absolute atomic E-state index is 13.1. The van der Waals surface area contributed by atoms with Crippen LogP contribution in [0.25, 0.3) is 0 Å². The molecule has 0 atom stereocenters. The van der Waals surface area contributed by atoms with Crippen LogP contribution in [0, 0.1) is 0 Å². The highest BCUT2D eigenvalue weighted by molar-refractivity contribution is 5.94. The lowest BCUT2D eigenvalue weighted by Gasteiger charge is -2.23. The van der Waals surface area contributed by atoms with Crippen LogP contribution < -0.4 is 4.74 Å². The normalized spacial score (nSPS) is 10.3. The first-order valence-corrected chi connectivity index (χ1v) is 9.35. The molecule has 27 heavy (non-hydrogen) atoms. The van der Waals surface area contributed by atoms with Gasteiger partial charge in [-0.05, 0) is 37.1 Å². The SMILES string of the molecule is CCCOc1cccc(C(=O)N(CCC(=O)OCC)Cc2ccccc2)c1. The fourth-order valence-electron chi connectivity index (χ4n) is 2.64. The molecule has 0 saturated carbocycles. The van der Waals surface area contributed by atoms with Gasteiger partial charge in [-0.3, -0.25) is 9.59 Å². The smallest absolute Gasteiger partial charge is 0.307 e. The monoisotopic (exact) mass is 369 g/mol. The summed E-state index contributed by atoms with van der Waals surface area (Å²) in [6.07, 6.45) is 1.07. The molecule has 0 N–H and O–H groups in total. The minimum absolute atomic E-state index is 0.134. The van der Waals surface area contributed by atoms with E-state index in [2.05, 4.69) is 0 Å². The van der Waals surface area contributed by atoms with Gasteiger partial charge in [0.2, 0.25) is 0 Å². The van der Waals surface area contributed by atoms with Gasteiger partial charge in [-0.25, -0.2) is 0 Å². The Morgan fingerprint density at radius 2 is 1.78 bits per heavy atom. The first-order chi connectivity index (χ1) is 13.1. The molecule has 144 valence electrons. The molecule has 0 saturated heterocycles. The van der Waals surface area contributed by atoms with E-state index in [0.29, 0.717) is 37.6 Å². The topological polar surface area (TPSA) is 55.8 Å². The summed E-state index contributed by atoms with van der Waals surface area (Å²) >= 11 is 0. The molecule has 0 radical (unpaired) electrons. The second-order valence-electron chi connectivity index (χ2n) is 6.14. The molecule has 0 fully saturated rings. The molecule has 0 bridgehead atoms. The highest BCUT2D eigenvalue weighted by Gasteiger charge is 2.18. The minimum atomic E-state index is -0.302. The van der Waals surface area contributed by atoms with E-state index in [0.717, 1.165) is 12.0 Å². The van der Waals surface area contributed by atoms with Gasteiger partial charge in [-0.15, -0.1) is 0 Å². The summed E-state index contributed by atoms with van der Waals surface area (Å²) in [6.45, 7) is 5.47. The Kier molecular flexibility index (Phi) is 8.36.